The van der Waals surface area contributed by atoms with Gasteiger partial charge in [-0.15, -0.1) is 0 Å². The van der Waals surface area contributed by atoms with Crippen molar-refractivity contribution in [2.45, 2.75) is 13.1 Å². The summed E-state index contributed by atoms with van der Waals surface area (Å²) in [6, 6.07) is 12.5. The minimum Gasteiger partial charge on any atom is -0.379 e. The lowest BCUT2D eigenvalue weighted by atomic mass is 10.2. The standard InChI is InChI=1S/C22H27N5O/c1-4-20(16-23-7-1)18-26(11-10-25-12-14-28-15-13-25)19-22-6-3-9-27(22)21-5-2-8-24-17-21/h1-9,16-17H,10-15,18-19H2. The van der Waals surface area contributed by atoms with Gasteiger partial charge in [-0.2, -0.15) is 0 Å². The lowest BCUT2D eigenvalue weighted by Gasteiger charge is -2.30. The molecule has 0 bridgehead atoms. The molecule has 0 amide bonds. The lowest BCUT2D eigenvalue weighted by Crippen LogP contribution is -2.41. The molecule has 1 fully saturated rings. The molecule has 4 rings (SSSR count). The van der Waals surface area contributed by atoms with Crippen molar-refractivity contribution in [1.29, 1.82) is 0 Å². The Morgan fingerprint density at radius 3 is 2.50 bits per heavy atom. The lowest BCUT2D eigenvalue weighted by molar-refractivity contribution is 0.0324. The van der Waals surface area contributed by atoms with Crippen LogP contribution in [0.25, 0.3) is 5.69 Å². The van der Waals surface area contributed by atoms with E-state index in [-0.39, 0.29) is 0 Å². The maximum Gasteiger partial charge on any atom is 0.0636 e. The fourth-order valence-electron chi connectivity index (χ4n) is 3.59. The van der Waals surface area contributed by atoms with Crippen LogP contribution >= 0.6 is 0 Å². The van der Waals surface area contributed by atoms with Gasteiger partial charge in [0.2, 0.25) is 0 Å². The molecule has 0 atom stereocenters. The van der Waals surface area contributed by atoms with Crippen molar-refractivity contribution in [3.05, 3.63) is 78.6 Å². The molecule has 0 spiro atoms. The fourth-order valence-corrected chi connectivity index (χ4v) is 3.59. The Morgan fingerprint density at radius 2 is 1.75 bits per heavy atom. The molecule has 6 nitrogen and oxygen atoms in total. The Morgan fingerprint density at radius 1 is 0.929 bits per heavy atom. The van der Waals surface area contributed by atoms with Crippen LogP contribution in [0.3, 0.4) is 0 Å². The zero-order chi connectivity index (χ0) is 19.0. The first-order valence-electron chi connectivity index (χ1n) is 9.86. The molecule has 3 aromatic heterocycles. The van der Waals surface area contributed by atoms with Crippen LogP contribution in [0.2, 0.25) is 0 Å². The van der Waals surface area contributed by atoms with E-state index in [1.54, 1.807) is 0 Å². The molecule has 1 aliphatic rings. The summed E-state index contributed by atoms with van der Waals surface area (Å²) in [7, 11) is 0. The van der Waals surface area contributed by atoms with Crippen molar-refractivity contribution >= 4 is 0 Å². The number of hydrogen-bond acceptors (Lipinski definition) is 5. The van der Waals surface area contributed by atoms with Gasteiger partial charge in [0.1, 0.15) is 0 Å². The summed E-state index contributed by atoms with van der Waals surface area (Å²) in [6.45, 7) is 7.54. The predicted molar refractivity (Wildman–Crippen MR) is 109 cm³/mol. The first kappa shape index (κ1) is 18.8. The van der Waals surface area contributed by atoms with E-state index >= 15 is 0 Å². The molecule has 0 saturated carbocycles. The van der Waals surface area contributed by atoms with Crippen LogP contribution in [0.5, 0.6) is 0 Å². The number of hydrogen-bond donors (Lipinski definition) is 0. The van der Waals surface area contributed by atoms with Crippen LogP contribution in [0, 0.1) is 0 Å². The molecular weight excluding hydrogens is 350 g/mol. The Bertz CT molecular complexity index is 830. The SMILES string of the molecule is c1cncc(CN(CCN2CCOCC2)Cc2cccn2-c2cccnc2)c1. The van der Waals surface area contributed by atoms with Crippen LogP contribution in [-0.4, -0.2) is 63.7 Å². The second kappa shape index (κ2) is 9.59. The van der Waals surface area contributed by atoms with Gasteiger partial charge in [0, 0.05) is 69.7 Å². The largest absolute Gasteiger partial charge is 0.379 e. The van der Waals surface area contributed by atoms with Gasteiger partial charge >= 0.3 is 0 Å². The van der Waals surface area contributed by atoms with E-state index in [1.807, 2.05) is 36.9 Å². The third-order valence-electron chi connectivity index (χ3n) is 5.11. The summed E-state index contributed by atoms with van der Waals surface area (Å²) < 4.78 is 7.70. The topological polar surface area (TPSA) is 46.4 Å². The van der Waals surface area contributed by atoms with Crippen LogP contribution in [0.4, 0.5) is 0 Å². The zero-order valence-electron chi connectivity index (χ0n) is 16.2. The highest BCUT2D eigenvalue weighted by molar-refractivity contribution is 5.32. The maximum atomic E-state index is 5.48. The third-order valence-corrected chi connectivity index (χ3v) is 5.11. The highest BCUT2D eigenvalue weighted by Gasteiger charge is 2.15. The molecule has 4 heterocycles. The number of rotatable bonds is 8. The van der Waals surface area contributed by atoms with Crippen LogP contribution in [0.15, 0.2) is 67.4 Å². The average Bonchev–Trinajstić information content (AvgIpc) is 3.22. The molecule has 0 N–H and O–H groups in total. The number of aromatic nitrogens is 3. The van der Waals surface area contributed by atoms with Gasteiger partial charge in [-0.3, -0.25) is 19.8 Å². The summed E-state index contributed by atoms with van der Waals surface area (Å²) in [5, 5.41) is 0. The van der Waals surface area contributed by atoms with E-state index in [4.69, 9.17) is 4.74 Å². The molecule has 3 aromatic rings. The summed E-state index contributed by atoms with van der Waals surface area (Å²) in [5.41, 5.74) is 3.60. The second-order valence-electron chi connectivity index (χ2n) is 7.11. The van der Waals surface area contributed by atoms with Crippen molar-refractivity contribution in [1.82, 2.24) is 24.3 Å². The third kappa shape index (κ3) is 5.04. The summed E-state index contributed by atoms with van der Waals surface area (Å²) in [6.07, 6.45) is 9.61. The average molecular weight is 377 g/mol. The van der Waals surface area contributed by atoms with Crippen molar-refractivity contribution in [2.75, 3.05) is 39.4 Å². The van der Waals surface area contributed by atoms with Crippen molar-refractivity contribution < 1.29 is 4.74 Å². The highest BCUT2D eigenvalue weighted by atomic mass is 16.5. The van der Waals surface area contributed by atoms with Gasteiger partial charge in [-0.1, -0.05) is 6.07 Å². The highest BCUT2D eigenvalue weighted by Crippen LogP contribution is 2.15. The van der Waals surface area contributed by atoms with Crippen LogP contribution in [0.1, 0.15) is 11.3 Å². The molecule has 0 radical (unpaired) electrons. The monoisotopic (exact) mass is 377 g/mol. The first-order chi connectivity index (χ1) is 13.9. The molecule has 146 valence electrons. The fraction of sp³-hybridized carbons (Fsp3) is 0.364. The normalized spacial score (nSPS) is 15.2. The van der Waals surface area contributed by atoms with Crippen molar-refractivity contribution in [3.8, 4) is 5.69 Å². The van der Waals surface area contributed by atoms with Gasteiger partial charge in [-0.05, 0) is 35.9 Å². The van der Waals surface area contributed by atoms with E-state index in [0.29, 0.717) is 0 Å². The molecule has 28 heavy (non-hydrogen) atoms. The molecule has 6 heteroatoms. The van der Waals surface area contributed by atoms with Gasteiger partial charge < -0.3 is 9.30 Å². The van der Waals surface area contributed by atoms with Gasteiger partial charge in [-0.25, -0.2) is 0 Å². The van der Waals surface area contributed by atoms with E-state index in [2.05, 4.69) is 54.8 Å². The van der Waals surface area contributed by atoms with E-state index in [1.165, 1.54) is 11.3 Å². The Kier molecular flexibility index (Phi) is 6.44. The van der Waals surface area contributed by atoms with Gasteiger partial charge in [0.25, 0.3) is 0 Å². The minimum absolute atomic E-state index is 0.840. The van der Waals surface area contributed by atoms with E-state index in [9.17, 15) is 0 Å². The number of morpholine rings is 1. The maximum absolute atomic E-state index is 5.48. The number of nitrogens with zero attached hydrogens (tertiary/aromatic N) is 5. The molecular formula is C22H27N5O. The quantitative estimate of drug-likeness (QED) is 0.604. The molecule has 1 aliphatic heterocycles. The van der Waals surface area contributed by atoms with Crippen LogP contribution in [-0.2, 0) is 17.8 Å². The molecule has 1 saturated heterocycles. The molecule has 0 aliphatic carbocycles. The predicted octanol–water partition coefficient (Wildman–Crippen LogP) is 2.60. The first-order valence-corrected chi connectivity index (χ1v) is 9.86. The minimum atomic E-state index is 0.840. The van der Waals surface area contributed by atoms with Gasteiger partial charge in [0.05, 0.1) is 25.1 Å². The van der Waals surface area contributed by atoms with Crippen LogP contribution < -0.4 is 0 Å². The van der Waals surface area contributed by atoms with Crippen molar-refractivity contribution in [2.24, 2.45) is 0 Å². The molecule has 0 aromatic carbocycles. The summed E-state index contributed by atoms with van der Waals surface area (Å²) in [5.74, 6) is 0. The summed E-state index contributed by atoms with van der Waals surface area (Å²) in [4.78, 5) is 13.5. The molecule has 0 unspecified atom stereocenters. The van der Waals surface area contributed by atoms with E-state index < -0.39 is 0 Å². The smallest absolute Gasteiger partial charge is 0.0636 e. The summed E-state index contributed by atoms with van der Waals surface area (Å²) >= 11 is 0. The van der Waals surface area contributed by atoms with Gasteiger partial charge in [0.15, 0.2) is 0 Å². The van der Waals surface area contributed by atoms with Crippen molar-refractivity contribution in [3.63, 3.8) is 0 Å². The zero-order valence-corrected chi connectivity index (χ0v) is 16.2. The Labute approximate surface area is 166 Å². The Balaban J connectivity index is 1.48. The second-order valence-corrected chi connectivity index (χ2v) is 7.11. The number of ether oxygens (including phenoxy) is 1. The van der Waals surface area contributed by atoms with E-state index in [0.717, 1.165) is 58.2 Å². The Hall–Kier alpha value is -2.54. The number of pyridine rings is 2.